The van der Waals surface area contributed by atoms with Gasteiger partial charge in [0.1, 0.15) is 5.69 Å². The summed E-state index contributed by atoms with van der Waals surface area (Å²) in [5.74, 6) is -0.00213. The van der Waals surface area contributed by atoms with Gasteiger partial charge in [0.15, 0.2) is 4.77 Å². The number of nitrogens with zero attached hydrogens (tertiary/aromatic N) is 1. The van der Waals surface area contributed by atoms with Crippen LogP contribution in [0.15, 0.2) is 30.3 Å². The second-order valence-electron chi connectivity index (χ2n) is 4.74. The van der Waals surface area contributed by atoms with E-state index < -0.39 is 0 Å². The summed E-state index contributed by atoms with van der Waals surface area (Å²) in [6, 6.07) is 9.76. The summed E-state index contributed by atoms with van der Waals surface area (Å²) in [6.45, 7) is 3.10. The zero-order valence-electron chi connectivity index (χ0n) is 11.0. The SMILES string of the molecule is O=C(c1[nH]c(=S)[nH]c1-c1ccccc1)N1CCNCC1. The summed E-state index contributed by atoms with van der Waals surface area (Å²) in [5.41, 5.74) is 2.26. The second kappa shape index (κ2) is 5.60. The van der Waals surface area contributed by atoms with Crippen molar-refractivity contribution in [2.24, 2.45) is 0 Å². The van der Waals surface area contributed by atoms with E-state index in [1.165, 1.54) is 0 Å². The molecule has 104 valence electrons. The number of benzene rings is 1. The van der Waals surface area contributed by atoms with E-state index in [0.717, 1.165) is 37.4 Å². The molecule has 6 heteroatoms. The van der Waals surface area contributed by atoms with Gasteiger partial charge in [0.2, 0.25) is 0 Å². The summed E-state index contributed by atoms with van der Waals surface area (Å²) < 4.78 is 0.474. The van der Waals surface area contributed by atoms with Gasteiger partial charge in [0, 0.05) is 31.7 Å². The number of piperazine rings is 1. The van der Waals surface area contributed by atoms with Gasteiger partial charge in [0.05, 0.1) is 5.69 Å². The molecule has 0 aliphatic carbocycles. The van der Waals surface area contributed by atoms with Crippen LogP contribution in [-0.4, -0.2) is 47.0 Å². The first-order valence-electron chi connectivity index (χ1n) is 6.63. The topological polar surface area (TPSA) is 63.9 Å². The molecule has 1 amide bonds. The fraction of sp³-hybridized carbons (Fsp3) is 0.286. The smallest absolute Gasteiger partial charge is 0.272 e. The number of H-pyrrole nitrogens is 2. The Balaban J connectivity index is 1.97. The van der Waals surface area contributed by atoms with E-state index in [1.807, 2.05) is 35.2 Å². The molecule has 3 N–H and O–H groups in total. The highest BCUT2D eigenvalue weighted by atomic mass is 32.1. The fourth-order valence-electron chi connectivity index (χ4n) is 2.39. The van der Waals surface area contributed by atoms with Gasteiger partial charge in [0.25, 0.3) is 5.91 Å². The van der Waals surface area contributed by atoms with Gasteiger partial charge in [-0.3, -0.25) is 4.79 Å². The van der Waals surface area contributed by atoms with Crippen LogP contribution in [0.25, 0.3) is 11.3 Å². The quantitative estimate of drug-likeness (QED) is 0.738. The molecule has 1 aliphatic rings. The van der Waals surface area contributed by atoms with Gasteiger partial charge in [-0.05, 0) is 12.2 Å². The highest BCUT2D eigenvalue weighted by Crippen LogP contribution is 2.21. The molecule has 5 nitrogen and oxygen atoms in total. The molecule has 1 aromatic carbocycles. The summed E-state index contributed by atoms with van der Waals surface area (Å²) in [6.07, 6.45) is 0. The minimum absolute atomic E-state index is 0.00213. The third kappa shape index (κ3) is 2.52. The zero-order chi connectivity index (χ0) is 13.9. The fourth-order valence-corrected chi connectivity index (χ4v) is 2.60. The average Bonchev–Trinajstić information content (AvgIpc) is 2.90. The Morgan fingerprint density at radius 3 is 2.50 bits per heavy atom. The molecule has 0 spiro atoms. The lowest BCUT2D eigenvalue weighted by molar-refractivity contribution is 0.0731. The van der Waals surface area contributed by atoms with Crippen LogP contribution in [0, 0.1) is 4.77 Å². The first-order valence-corrected chi connectivity index (χ1v) is 7.04. The Bertz CT molecular complexity index is 655. The first-order chi connectivity index (χ1) is 9.75. The maximum absolute atomic E-state index is 12.6. The maximum Gasteiger partial charge on any atom is 0.272 e. The Labute approximate surface area is 122 Å². The molecule has 1 fully saturated rings. The van der Waals surface area contributed by atoms with Crippen LogP contribution in [0.2, 0.25) is 0 Å². The Hall–Kier alpha value is -1.92. The lowest BCUT2D eigenvalue weighted by atomic mass is 10.1. The number of aromatic amines is 2. The van der Waals surface area contributed by atoms with Crippen molar-refractivity contribution in [3.8, 4) is 11.3 Å². The molecule has 2 aromatic rings. The van der Waals surface area contributed by atoms with Gasteiger partial charge in [-0.1, -0.05) is 30.3 Å². The molecule has 1 saturated heterocycles. The van der Waals surface area contributed by atoms with E-state index in [0.29, 0.717) is 10.5 Å². The van der Waals surface area contributed by atoms with Crippen molar-refractivity contribution in [1.82, 2.24) is 20.2 Å². The maximum atomic E-state index is 12.6. The number of hydrogen-bond acceptors (Lipinski definition) is 3. The number of rotatable bonds is 2. The molecular weight excluding hydrogens is 272 g/mol. The third-order valence-electron chi connectivity index (χ3n) is 3.41. The van der Waals surface area contributed by atoms with E-state index >= 15 is 0 Å². The molecule has 1 aliphatic heterocycles. The molecule has 1 aromatic heterocycles. The van der Waals surface area contributed by atoms with Crippen molar-refractivity contribution in [3.05, 3.63) is 40.8 Å². The standard InChI is InChI=1S/C14H16N4OS/c19-13(18-8-6-15-7-9-18)12-11(16-14(20)17-12)10-4-2-1-3-5-10/h1-5,15H,6-9H2,(H2,16,17,20). The highest BCUT2D eigenvalue weighted by Gasteiger charge is 2.22. The number of imidazole rings is 1. The molecule has 0 saturated carbocycles. The predicted molar refractivity (Wildman–Crippen MR) is 80.2 cm³/mol. The predicted octanol–water partition coefficient (Wildman–Crippen LogP) is 1.78. The highest BCUT2D eigenvalue weighted by molar-refractivity contribution is 7.71. The van der Waals surface area contributed by atoms with Gasteiger partial charge in [-0.15, -0.1) is 0 Å². The lowest BCUT2D eigenvalue weighted by Gasteiger charge is -2.27. The summed E-state index contributed by atoms with van der Waals surface area (Å²) in [7, 11) is 0. The number of hydrogen-bond donors (Lipinski definition) is 3. The van der Waals surface area contributed by atoms with Gasteiger partial charge < -0.3 is 20.2 Å². The van der Waals surface area contributed by atoms with Crippen LogP contribution in [0.3, 0.4) is 0 Å². The van der Waals surface area contributed by atoms with Crippen LogP contribution < -0.4 is 5.32 Å². The van der Waals surface area contributed by atoms with Crippen molar-refractivity contribution in [1.29, 1.82) is 0 Å². The second-order valence-corrected chi connectivity index (χ2v) is 5.15. The monoisotopic (exact) mass is 288 g/mol. The average molecular weight is 288 g/mol. The zero-order valence-corrected chi connectivity index (χ0v) is 11.8. The molecule has 0 unspecified atom stereocenters. The molecule has 0 atom stereocenters. The minimum Gasteiger partial charge on any atom is -0.335 e. The van der Waals surface area contributed by atoms with Crippen LogP contribution in [0.4, 0.5) is 0 Å². The molecule has 2 heterocycles. The van der Waals surface area contributed by atoms with Crippen LogP contribution in [0.5, 0.6) is 0 Å². The number of nitrogens with one attached hydrogen (secondary N) is 3. The van der Waals surface area contributed by atoms with Crippen LogP contribution in [-0.2, 0) is 0 Å². The lowest BCUT2D eigenvalue weighted by Crippen LogP contribution is -2.46. The molecule has 3 rings (SSSR count). The van der Waals surface area contributed by atoms with E-state index in [9.17, 15) is 4.79 Å². The largest absolute Gasteiger partial charge is 0.335 e. The van der Waals surface area contributed by atoms with Crippen molar-refractivity contribution >= 4 is 18.1 Å². The molecule has 0 bridgehead atoms. The van der Waals surface area contributed by atoms with Gasteiger partial charge in [-0.25, -0.2) is 0 Å². The van der Waals surface area contributed by atoms with Crippen molar-refractivity contribution in [3.63, 3.8) is 0 Å². The van der Waals surface area contributed by atoms with E-state index in [1.54, 1.807) is 0 Å². The first kappa shape index (κ1) is 13.1. The molecule has 20 heavy (non-hydrogen) atoms. The molecule has 0 radical (unpaired) electrons. The van der Waals surface area contributed by atoms with E-state index in [-0.39, 0.29) is 5.91 Å². The Morgan fingerprint density at radius 1 is 1.10 bits per heavy atom. The van der Waals surface area contributed by atoms with E-state index in [4.69, 9.17) is 12.2 Å². The number of amides is 1. The van der Waals surface area contributed by atoms with Gasteiger partial charge in [-0.2, -0.15) is 0 Å². The number of carbonyl (C=O) groups is 1. The Kier molecular flexibility index (Phi) is 3.66. The minimum atomic E-state index is -0.00213. The number of carbonyl (C=O) groups excluding carboxylic acids is 1. The van der Waals surface area contributed by atoms with Crippen molar-refractivity contribution in [2.45, 2.75) is 0 Å². The van der Waals surface area contributed by atoms with Crippen molar-refractivity contribution in [2.75, 3.05) is 26.2 Å². The van der Waals surface area contributed by atoms with Gasteiger partial charge >= 0.3 is 0 Å². The Morgan fingerprint density at radius 2 is 1.80 bits per heavy atom. The summed E-state index contributed by atoms with van der Waals surface area (Å²) >= 11 is 5.15. The normalized spacial score (nSPS) is 15.3. The molecular formula is C14H16N4OS. The van der Waals surface area contributed by atoms with E-state index in [2.05, 4.69) is 15.3 Å². The van der Waals surface area contributed by atoms with Crippen LogP contribution in [0.1, 0.15) is 10.5 Å². The summed E-state index contributed by atoms with van der Waals surface area (Å²) in [5, 5.41) is 3.24. The van der Waals surface area contributed by atoms with Crippen LogP contribution >= 0.6 is 12.2 Å². The third-order valence-corrected chi connectivity index (χ3v) is 3.61. The van der Waals surface area contributed by atoms with Crippen molar-refractivity contribution < 1.29 is 4.79 Å². The number of aromatic nitrogens is 2. The summed E-state index contributed by atoms with van der Waals surface area (Å²) in [4.78, 5) is 20.5.